The Balaban J connectivity index is 2.83. The van der Waals surface area contributed by atoms with Gasteiger partial charge in [-0.15, -0.1) is 0 Å². The molecule has 0 bridgehead atoms. The molecule has 0 saturated carbocycles. The van der Waals surface area contributed by atoms with Crippen LogP contribution in [0, 0.1) is 12.8 Å². The molecule has 0 unspecified atom stereocenters. The molecule has 0 aliphatic heterocycles. The van der Waals surface area contributed by atoms with Gasteiger partial charge in [-0.1, -0.05) is 32.0 Å². The molecule has 0 aliphatic carbocycles. The van der Waals surface area contributed by atoms with Crippen LogP contribution in [0.3, 0.4) is 0 Å². The molecule has 2 N–H and O–H groups in total. The molecule has 0 aromatic heterocycles. The molecule has 2 heteroatoms. The molecule has 2 nitrogen and oxygen atoms in total. The first-order valence-corrected chi connectivity index (χ1v) is 5.35. The van der Waals surface area contributed by atoms with E-state index in [9.17, 15) is 4.79 Å². The van der Waals surface area contributed by atoms with Crippen LogP contribution in [0.5, 0.6) is 0 Å². The summed E-state index contributed by atoms with van der Waals surface area (Å²) < 4.78 is 0. The van der Waals surface area contributed by atoms with Crippen LogP contribution in [0.15, 0.2) is 18.2 Å². The minimum absolute atomic E-state index is 0.269. The van der Waals surface area contributed by atoms with Crippen LogP contribution < -0.4 is 5.73 Å². The van der Waals surface area contributed by atoms with Crippen molar-refractivity contribution in [3.8, 4) is 0 Å². The van der Waals surface area contributed by atoms with E-state index in [-0.39, 0.29) is 5.91 Å². The van der Waals surface area contributed by atoms with Crippen molar-refractivity contribution in [3.05, 3.63) is 34.9 Å². The van der Waals surface area contributed by atoms with Crippen molar-refractivity contribution in [1.29, 1.82) is 0 Å². The maximum Gasteiger partial charge on any atom is 0.221 e. The fourth-order valence-corrected chi connectivity index (χ4v) is 1.74. The minimum atomic E-state index is -0.269. The zero-order valence-corrected chi connectivity index (χ0v) is 9.71. The van der Waals surface area contributed by atoms with Gasteiger partial charge in [0.1, 0.15) is 0 Å². The number of benzene rings is 1. The van der Waals surface area contributed by atoms with E-state index in [4.69, 9.17) is 5.73 Å². The number of carbonyl (C=O) groups excluding carboxylic acids is 1. The quantitative estimate of drug-likeness (QED) is 0.804. The highest BCUT2D eigenvalue weighted by molar-refractivity contribution is 5.77. The van der Waals surface area contributed by atoms with Gasteiger partial charge in [0.15, 0.2) is 0 Å². The summed E-state index contributed by atoms with van der Waals surface area (Å²) in [5.74, 6) is 0.390. The molecule has 1 aromatic carbocycles. The molecule has 0 atom stereocenters. The maximum absolute atomic E-state index is 10.8. The van der Waals surface area contributed by atoms with Crippen molar-refractivity contribution in [1.82, 2.24) is 0 Å². The lowest BCUT2D eigenvalue weighted by molar-refractivity contribution is -0.117. The third kappa shape index (κ3) is 3.74. The first kappa shape index (κ1) is 11.8. The fraction of sp³-hybridized carbons (Fsp3) is 0.462. The number of carbonyl (C=O) groups is 1. The lowest BCUT2D eigenvalue weighted by atomic mass is 9.97. The van der Waals surface area contributed by atoms with Crippen molar-refractivity contribution in [2.75, 3.05) is 0 Å². The largest absolute Gasteiger partial charge is 0.369 e. The summed E-state index contributed by atoms with van der Waals surface area (Å²) in [4.78, 5) is 10.8. The lowest BCUT2D eigenvalue weighted by Crippen LogP contribution is -2.14. The molecular weight excluding hydrogens is 186 g/mol. The summed E-state index contributed by atoms with van der Waals surface area (Å²) in [6.45, 7) is 6.43. The highest BCUT2D eigenvalue weighted by Gasteiger charge is 2.04. The zero-order valence-electron chi connectivity index (χ0n) is 9.71. The molecule has 1 amide bonds. The molecule has 1 rings (SSSR count). The Morgan fingerprint density at radius 1 is 1.40 bits per heavy atom. The summed E-state index contributed by atoms with van der Waals surface area (Å²) in [5.41, 5.74) is 8.70. The van der Waals surface area contributed by atoms with Crippen molar-refractivity contribution in [2.24, 2.45) is 11.7 Å². The summed E-state index contributed by atoms with van der Waals surface area (Å²) in [5, 5.41) is 0. The number of primary amides is 1. The summed E-state index contributed by atoms with van der Waals surface area (Å²) in [6.07, 6.45) is 1.42. The number of nitrogens with two attached hydrogens (primary N) is 1. The Labute approximate surface area is 91.5 Å². The van der Waals surface area contributed by atoms with E-state index >= 15 is 0 Å². The van der Waals surface area contributed by atoms with E-state index in [2.05, 4.69) is 26.0 Å². The fourth-order valence-electron chi connectivity index (χ4n) is 1.74. The van der Waals surface area contributed by atoms with Crippen LogP contribution in [0.2, 0.25) is 0 Å². The molecule has 0 heterocycles. The van der Waals surface area contributed by atoms with Crippen LogP contribution >= 0.6 is 0 Å². The number of aryl methyl sites for hydroxylation is 1. The normalized spacial score (nSPS) is 10.7. The van der Waals surface area contributed by atoms with E-state index in [0.717, 1.165) is 17.5 Å². The molecule has 0 radical (unpaired) electrons. The van der Waals surface area contributed by atoms with Gasteiger partial charge in [0.25, 0.3) is 0 Å². The van der Waals surface area contributed by atoms with Crippen LogP contribution in [0.25, 0.3) is 0 Å². The van der Waals surface area contributed by atoms with Gasteiger partial charge in [-0.25, -0.2) is 0 Å². The SMILES string of the molecule is Cc1cc(CC(C)C)ccc1CC(N)=O. The zero-order chi connectivity index (χ0) is 11.4. The van der Waals surface area contributed by atoms with Crippen molar-refractivity contribution >= 4 is 5.91 Å². The molecule has 0 saturated heterocycles. The van der Waals surface area contributed by atoms with E-state index in [1.807, 2.05) is 13.0 Å². The van der Waals surface area contributed by atoms with Gasteiger partial charge >= 0.3 is 0 Å². The van der Waals surface area contributed by atoms with Gasteiger partial charge in [0.2, 0.25) is 5.91 Å². The van der Waals surface area contributed by atoms with Gasteiger partial charge in [0.05, 0.1) is 6.42 Å². The first-order valence-electron chi connectivity index (χ1n) is 5.35. The number of hydrogen-bond acceptors (Lipinski definition) is 1. The second kappa shape index (κ2) is 4.96. The van der Waals surface area contributed by atoms with E-state index < -0.39 is 0 Å². The monoisotopic (exact) mass is 205 g/mol. The Kier molecular flexibility index (Phi) is 3.89. The third-order valence-corrected chi connectivity index (χ3v) is 2.42. The van der Waals surface area contributed by atoms with Crippen LogP contribution in [0.4, 0.5) is 0 Å². The number of rotatable bonds is 4. The topological polar surface area (TPSA) is 43.1 Å². The molecular formula is C13H19NO. The predicted molar refractivity (Wildman–Crippen MR) is 62.6 cm³/mol. The Bertz CT molecular complexity index is 356. The summed E-state index contributed by atoms with van der Waals surface area (Å²) >= 11 is 0. The second-order valence-electron chi connectivity index (χ2n) is 4.50. The Morgan fingerprint density at radius 3 is 2.53 bits per heavy atom. The van der Waals surface area contributed by atoms with E-state index in [1.54, 1.807) is 0 Å². The summed E-state index contributed by atoms with van der Waals surface area (Å²) in [7, 11) is 0. The lowest BCUT2D eigenvalue weighted by Gasteiger charge is -2.09. The minimum Gasteiger partial charge on any atom is -0.369 e. The molecule has 0 aliphatic rings. The average Bonchev–Trinajstić information content (AvgIpc) is 2.08. The van der Waals surface area contributed by atoms with Crippen molar-refractivity contribution in [3.63, 3.8) is 0 Å². The Morgan fingerprint density at radius 2 is 2.07 bits per heavy atom. The van der Waals surface area contributed by atoms with Gasteiger partial charge in [-0.2, -0.15) is 0 Å². The van der Waals surface area contributed by atoms with Gasteiger partial charge in [0, 0.05) is 0 Å². The van der Waals surface area contributed by atoms with Gasteiger partial charge < -0.3 is 5.73 Å². The average molecular weight is 205 g/mol. The molecule has 1 aromatic rings. The maximum atomic E-state index is 10.8. The third-order valence-electron chi connectivity index (χ3n) is 2.42. The predicted octanol–water partition coefficient (Wildman–Crippen LogP) is 2.22. The molecule has 0 spiro atoms. The number of amides is 1. The smallest absolute Gasteiger partial charge is 0.221 e. The Hall–Kier alpha value is -1.31. The van der Waals surface area contributed by atoms with Crippen LogP contribution in [-0.2, 0) is 17.6 Å². The number of hydrogen-bond donors (Lipinski definition) is 1. The molecule has 0 fully saturated rings. The van der Waals surface area contributed by atoms with E-state index in [1.165, 1.54) is 5.56 Å². The highest BCUT2D eigenvalue weighted by atomic mass is 16.1. The molecule has 15 heavy (non-hydrogen) atoms. The van der Waals surface area contributed by atoms with Gasteiger partial charge in [-0.3, -0.25) is 4.79 Å². The van der Waals surface area contributed by atoms with Crippen LogP contribution in [0.1, 0.15) is 30.5 Å². The van der Waals surface area contributed by atoms with Crippen molar-refractivity contribution in [2.45, 2.75) is 33.6 Å². The van der Waals surface area contributed by atoms with E-state index in [0.29, 0.717) is 12.3 Å². The van der Waals surface area contributed by atoms with Crippen molar-refractivity contribution < 1.29 is 4.79 Å². The summed E-state index contributed by atoms with van der Waals surface area (Å²) in [6, 6.07) is 6.25. The highest BCUT2D eigenvalue weighted by Crippen LogP contribution is 2.14. The second-order valence-corrected chi connectivity index (χ2v) is 4.50. The van der Waals surface area contributed by atoms with Crippen LogP contribution in [-0.4, -0.2) is 5.91 Å². The first-order chi connectivity index (χ1) is 6.99. The molecule has 82 valence electrons. The standard InChI is InChI=1S/C13H19NO/c1-9(2)6-11-4-5-12(8-13(14)15)10(3)7-11/h4-5,7,9H,6,8H2,1-3H3,(H2,14,15). The van der Waals surface area contributed by atoms with Gasteiger partial charge in [-0.05, 0) is 36.0 Å².